The summed E-state index contributed by atoms with van der Waals surface area (Å²) in [6.07, 6.45) is 1.33. The van der Waals surface area contributed by atoms with Crippen LogP contribution in [-0.2, 0) is 24.0 Å². The first-order valence-corrected chi connectivity index (χ1v) is 10.2. The highest BCUT2D eigenvalue weighted by Gasteiger charge is 2.37. The molecule has 0 spiro atoms. The Balaban J connectivity index is 2.71. The fourth-order valence-electron chi connectivity index (χ4n) is 3.22. The molecule has 0 aliphatic carbocycles. The molecule has 11 N–H and O–H groups in total. The third-order valence-corrected chi connectivity index (χ3v) is 4.86. The van der Waals surface area contributed by atoms with Crippen molar-refractivity contribution in [3.05, 3.63) is 0 Å². The summed E-state index contributed by atoms with van der Waals surface area (Å²) in [7, 11) is 0. The second-order valence-corrected chi connectivity index (χ2v) is 7.43. The standard InChI is InChI=1S/C18H32N8O6/c19-10(5-6-13(20)27)15(29)24-9-14(28)25-11(3-1-7-23-18(21)22)16(30)26-8-2-4-12(26)17(31)32/h10-12H,1-9,19H2,(H2,20,27)(H,24,29)(H,25,28)(H,31,32)(H4,21,22,23). The zero-order chi connectivity index (χ0) is 24.3. The maximum Gasteiger partial charge on any atom is 0.326 e. The van der Waals surface area contributed by atoms with Gasteiger partial charge < -0.3 is 43.6 Å². The van der Waals surface area contributed by atoms with E-state index in [2.05, 4.69) is 15.6 Å². The zero-order valence-corrected chi connectivity index (χ0v) is 17.8. The molecule has 1 rings (SSSR count). The van der Waals surface area contributed by atoms with Gasteiger partial charge in [0.05, 0.1) is 12.6 Å². The van der Waals surface area contributed by atoms with Crippen LogP contribution in [0.15, 0.2) is 4.99 Å². The summed E-state index contributed by atoms with van der Waals surface area (Å²) in [5, 5.41) is 14.2. The maximum absolute atomic E-state index is 12.9. The Kier molecular flexibility index (Phi) is 10.9. The van der Waals surface area contributed by atoms with Crippen LogP contribution in [0.3, 0.4) is 0 Å². The largest absolute Gasteiger partial charge is 0.480 e. The first kappa shape index (κ1) is 26.6. The Labute approximate surface area is 185 Å². The molecule has 0 aromatic heterocycles. The smallest absolute Gasteiger partial charge is 0.326 e. The number of hydrogen-bond acceptors (Lipinski definition) is 7. The average Bonchev–Trinajstić information content (AvgIpc) is 3.21. The molecule has 180 valence electrons. The van der Waals surface area contributed by atoms with Crippen molar-refractivity contribution >= 4 is 35.6 Å². The molecular formula is C18H32N8O6. The second kappa shape index (κ2) is 13.1. The number of aliphatic carboxylic acids is 1. The lowest BCUT2D eigenvalue weighted by atomic mass is 10.1. The van der Waals surface area contributed by atoms with Gasteiger partial charge in [0.25, 0.3) is 0 Å². The molecule has 0 aromatic carbocycles. The number of nitrogens with two attached hydrogens (primary N) is 4. The monoisotopic (exact) mass is 456 g/mol. The molecule has 14 nitrogen and oxygen atoms in total. The summed E-state index contributed by atoms with van der Waals surface area (Å²) < 4.78 is 0. The van der Waals surface area contributed by atoms with Crippen LogP contribution < -0.4 is 33.6 Å². The minimum absolute atomic E-state index is 0.0280. The highest BCUT2D eigenvalue weighted by molar-refractivity contribution is 5.92. The molecule has 0 radical (unpaired) electrons. The van der Waals surface area contributed by atoms with Crippen molar-refractivity contribution in [3.8, 4) is 0 Å². The molecule has 3 atom stereocenters. The summed E-state index contributed by atoms with van der Waals surface area (Å²) in [4.78, 5) is 64.4. The van der Waals surface area contributed by atoms with Gasteiger partial charge in [-0.3, -0.25) is 24.2 Å². The van der Waals surface area contributed by atoms with E-state index in [-0.39, 0.29) is 38.3 Å². The van der Waals surface area contributed by atoms with Crippen molar-refractivity contribution in [2.24, 2.45) is 27.9 Å². The van der Waals surface area contributed by atoms with E-state index in [1.54, 1.807) is 0 Å². The predicted octanol–water partition coefficient (Wildman–Crippen LogP) is -3.69. The Morgan fingerprint density at radius 3 is 2.41 bits per heavy atom. The topological polar surface area (TPSA) is 249 Å². The highest BCUT2D eigenvalue weighted by Crippen LogP contribution is 2.19. The number of carbonyl (C=O) groups excluding carboxylic acids is 4. The summed E-state index contributed by atoms with van der Waals surface area (Å²) in [5.74, 6) is -3.67. The van der Waals surface area contributed by atoms with Gasteiger partial charge in [-0.15, -0.1) is 0 Å². The first-order valence-electron chi connectivity index (χ1n) is 10.2. The first-order chi connectivity index (χ1) is 15.0. The molecular weight excluding hydrogens is 424 g/mol. The highest BCUT2D eigenvalue weighted by atomic mass is 16.4. The quantitative estimate of drug-likeness (QED) is 0.0817. The number of aliphatic imine (C=N–C) groups is 1. The number of nitrogens with one attached hydrogen (secondary N) is 2. The molecule has 32 heavy (non-hydrogen) atoms. The van der Waals surface area contributed by atoms with Gasteiger partial charge in [0.2, 0.25) is 23.6 Å². The molecule has 0 saturated carbocycles. The van der Waals surface area contributed by atoms with E-state index in [9.17, 15) is 29.1 Å². The van der Waals surface area contributed by atoms with Crippen molar-refractivity contribution in [2.75, 3.05) is 19.6 Å². The minimum atomic E-state index is -1.11. The Hall–Kier alpha value is -3.42. The van der Waals surface area contributed by atoms with E-state index in [1.807, 2.05) is 0 Å². The Morgan fingerprint density at radius 2 is 1.81 bits per heavy atom. The molecule has 1 aliphatic rings. The van der Waals surface area contributed by atoms with E-state index < -0.39 is 54.3 Å². The molecule has 0 bridgehead atoms. The average molecular weight is 457 g/mol. The molecule has 3 unspecified atom stereocenters. The van der Waals surface area contributed by atoms with Crippen molar-refractivity contribution in [1.29, 1.82) is 0 Å². The summed E-state index contributed by atoms with van der Waals surface area (Å²) in [6, 6.07) is -2.99. The number of primary amides is 1. The van der Waals surface area contributed by atoms with Crippen LogP contribution in [0.2, 0.25) is 0 Å². The lowest BCUT2D eigenvalue weighted by Gasteiger charge is -2.27. The van der Waals surface area contributed by atoms with Gasteiger partial charge in [-0.1, -0.05) is 0 Å². The number of carbonyl (C=O) groups is 5. The fourth-order valence-corrected chi connectivity index (χ4v) is 3.22. The van der Waals surface area contributed by atoms with E-state index in [0.717, 1.165) is 0 Å². The summed E-state index contributed by atoms with van der Waals surface area (Å²) in [5.41, 5.74) is 21.2. The number of rotatable bonds is 13. The van der Waals surface area contributed by atoms with Crippen LogP contribution in [0.25, 0.3) is 0 Å². The van der Waals surface area contributed by atoms with Gasteiger partial charge in [-0.25, -0.2) is 4.79 Å². The van der Waals surface area contributed by atoms with Crippen molar-refractivity contribution in [3.63, 3.8) is 0 Å². The zero-order valence-electron chi connectivity index (χ0n) is 17.8. The number of nitrogens with zero attached hydrogens (tertiary/aromatic N) is 2. The van der Waals surface area contributed by atoms with E-state index in [4.69, 9.17) is 22.9 Å². The van der Waals surface area contributed by atoms with Gasteiger partial charge in [0.1, 0.15) is 12.1 Å². The minimum Gasteiger partial charge on any atom is -0.480 e. The summed E-state index contributed by atoms with van der Waals surface area (Å²) in [6.45, 7) is 0.0282. The molecule has 1 saturated heterocycles. The van der Waals surface area contributed by atoms with Crippen LogP contribution in [0.4, 0.5) is 0 Å². The number of likely N-dealkylation sites (tertiary alicyclic amines) is 1. The van der Waals surface area contributed by atoms with Crippen molar-refractivity contribution in [1.82, 2.24) is 15.5 Å². The van der Waals surface area contributed by atoms with E-state index >= 15 is 0 Å². The molecule has 4 amide bonds. The lowest BCUT2D eigenvalue weighted by Crippen LogP contribution is -2.53. The molecule has 0 aromatic rings. The molecule has 1 heterocycles. The van der Waals surface area contributed by atoms with Gasteiger partial charge in [0.15, 0.2) is 5.96 Å². The number of carboxylic acid groups (broad SMARTS) is 1. The lowest BCUT2D eigenvalue weighted by molar-refractivity contribution is -0.149. The second-order valence-electron chi connectivity index (χ2n) is 7.43. The number of guanidine groups is 1. The van der Waals surface area contributed by atoms with Crippen LogP contribution in [0.5, 0.6) is 0 Å². The number of carboxylic acids is 1. The molecule has 1 fully saturated rings. The van der Waals surface area contributed by atoms with E-state index in [1.165, 1.54) is 4.90 Å². The summed E-state index contributed by atoms with van der Waals surface area (Å²) >= 11 is 0. The number of amides is 4. The van der Waals surface area contributed by atoms with Crippen LogP contribution in [0.1, 0.15) is 38.5 Å². The predicted molar refractivity (Wildman–Crippen MR) is 114 cm³/mol. The third-order valence-electron chi connectivity index (χ3n) is 4.86. The Bertz CT molecular complexity index is 739. The van der Waals surface area contributed by atoms with Gasteiger partial charge in [-0.05, 0) is 32.1 Å². The van der Waals surface area contributed by atoms with Crippen molar-refractivity contribution < 1.29 is 29.1 Å². The van der Waals surface area contributed by atoms with Gasteiger partial charge in [0, 0.05) is 19.5 Å². The maximum atomic E-state index is 12.9. The third kappa shape index (κ3) is 9.16. The van der Waals surface area contributed by atoms with Crippen LogP contribution >= 0.6 is 0 Å². The molecule has 1 aliphatic heterocycles. The van der Waals surface area contributed by atoms with Crippen LogP contribution in [-0.4, -0.2) is 83.3 Å². The van der Waals surface area contributed by atoms with Gasteiger partial charge >= 0.3 is 5.97 Å². The van der Waals surface area contributed by atoms with Crippen molar-refractivity contribution in [2.45, 2.75) is 56.7 Å². The molecule has 14 heteroatoms. The van der Waals surface area contributed by atoms with Crippen LogP contribution in [0, 0.1) is 0 Å². The Morgan fingerprint density at radius 1 is 1.12 bits per heavy atom. The fraction of sp³-hybridized carbons (Fsp3) is 0.667. The normalized spacial score (nSPS) is 17.2. The SMILES string of the molecule is NC(=O)CCC(N)C(=O)NCC(=O)NC(CCCN=C(N)N)C(=O)N1CCCC1C(=O)O. The van der Waals surface area contributed by atoms with Gasteiger partial charge in [-0.2, -0.15) is 0 Å². The number of hydrogen-bond donors (Lipinski definition) is 7. The van der Waals surface area contributed by atoms with E-state index in [0.29, 0.717) is 19.3 Å².